The molecule has 1 aliphatic heterocycles. The van der Waals surface area contributed by atoms with E-state index >= 15 is 4.79 Å². The van der Waals surface area contributed by atoms with Crippen molar-refractivity contribution in [2.45, 2.75) is 116 Å². The zero-order chi connectivity index (χ0) is 45.5. The number of hydrogen-bond acceptors (Lipinski definition) is 14. The fourth-order valence-corrected chi connectivity index (χ4v) is 10.9. The minimum atomic E-state index is -4.39. The molecular formula is C48H59Ac2O14P. The first-order valence-corrected chi connectivity index (χ1v) is 22.9. The van der Waals surface area contributed by atoms with E-state index in [0.29, 0.717) is 16.7 Å². The van der Waals surface area contributed by atoms with E-state index in [4.69, 9.17) is 32.5 Å². The molecule has 3 aromatic rings. The molecule has 3 fully saturated rings. The van der Waals surface area contributed by atoms with Crippen molar-refractivity contribution in [3.05, 3.63) is 119 Å². The van der Waals surface area contributed by atoms with Crippen molar-refractivity contribution in [3.63, 3.8) is 0 Å². The minimum Gasteiger partial charge on any atom is -0.458 e. The number of fused-ring (bicyclic) bond motifs is 5. The maximum absolute atomic E-state index is 15.4. The number of Topliss-reactive ketones (excluding diaryl/α,β-unsaturated/α-hetero) is 1. The molecular weight excluding hydrogens is 1290 g/mol. The van der Waals surface area contributed by atoms with Crippen LogP contribution in [0.25, 0.3) is 0 Å². The molecule has 14 nitrogen and oxygen atoms in total. The van der Waals surface area contributed by atoms with Crippen molar-refractivity contribution in [3.8, 4) is 0 Å². The van der Waals surface area contributed by atoms with Gasteiger partial charge in [0, 0.05) is 112 Å². The van der Waals surface area contributed by atoms with Gasteiger partial charge in [-0.1, -0.05) is 113 Å². The van der Waals surface area contributed by atoms with Crippen molar-refractivity contribution < 1.29 is 155 Å². The third kappa shape index (κ3) is 10.6. The summed E-state index contributed by atoms with van der Waals surface area (Å²) in [5.41, 5.74) is -5.61. The Balaban J connectivity index is 0.00000397. The summed E-state index contributed by atoms with van der Waals surface area (Å²) in [5.74, 6) is -4.33. The molecule has 7 rings (SSSR count). The molecule has 3 aliphatic carbocycles. The predicted molar refractivity (Wildman–Crippen MR) is 228 cm³/mol. The summed E-state index contributed by atoms with van der Waals surface area (Å²) in [6.45, 7) is 10.6. The maximum Gasteiger partial charge on any atom is 0.477 e. The monoisotopic (exact) mass is 1340 g/mol. The van der Waals surface area contributed by atoms with Crippen LogP contribution < -0.4 is 0 Å². The first-order chi connectivity index (χ1) is 29.8. The third-order valence-corrected chi connectivity index (χ3v) is 15.5. The summed E-state index contributed by atoms with van der Waals surface area (Å²) in [6.07, 6.45) is -7.48. The van der Waals surface area contributed by atoms with E-state index in [9.17, 15) is 29.5 Å². The van der Waals surface area contributed by atoms with Crippen molar-refractivity contribution in [2.24, 2.45) is 28.6 Å². The summed E-state index contributed by atoms with van der Waals surface area (Å²) >= 11 is 0. The van der Waals surface area contributed by atoms with Crippen LogP contribution in [0.1, 0.15) is 82.8 Å². The second kappa shape index (κ2) is 21.8. The number of ketones is 1. The van der Waals surface area contributed by atoms with Crippen LogP contribution >= 0.6 is 7.82 Å². The molecule has 4 aliphatic rings. The molecule has 1 saturated heterocycles. The third-order valence-electron chi connectivity index (χ3n) is 14.2. The van der Waals surface area contributed by atoms with Crippen LogP contribution in [0, 0.1) is 117 Å². The van der Waals surface area contributed by atoms with Gasteiger partial charge in [-0.2, -0.15) is 0 Å². The number of carbonyl (C=O) groups excluding carboxylic acids is 3. The van der Waals surface area contributed by atoms with Gasteiger partial charge in [-0.25, -0.2) is 9.36 Å². The van der Waals surface area contributed by atoms with Gasteiger partial charge < -0.3 is 34.3 Å². The smallest absolute Gasteiger partial charge is 0.458 e. The number of phosphoric acid groups is 1. The standard InChI is InChI=1S/C48H59O14P.2Ac/c1-29(2)30(3)43(51)61-35-24-48(54)42(62-44(52)34-21-15-10-16-22-34)40-46(7,41(50)39(49)38(31(35)4)45(48,5)6)36(23-37-47(40,53)27-56-37)57-28-60-63(55,58-25-32-17-11-8-12-18-32)59-26-33-19-13-9-14-20-33;;/h8-22,29-30,35-37,39-40,42,49,53-54H,23-28H2,1-7H3;;/t30-,35?,36?,37?,39?,40?,42?,46-,47?,48?;;/m1../s1. The fourth-order valence-electron chi connectivity index (χ4n) is 9.86. The largest absolute Gasteiger partial charge is 0.477 e. The van der Waals surface area contributed by atoms with Crippen LogP contribution in [0.5, 0.6) is 0 Å². The summed E-state index contributed by atoms with van der Waals surface area (Å²) in [7, 11) is -4.39. The van der Waals surface area contributed by atoms with Crippen molar-refractivity contribution in [2.75, 3.05) is 13.4 Å². The van der Waals surface area contributed by atoms with Crippen LogP contribution in [-0.2, 0) is 59.9 Å². The molecule has 2 bridgehead atoms. The Kier molecular flexibility index (Phi) is 18.4. The first-order valence-electron chi connectivity index (χ1n) is 21.5. The second-order valence-corrected chi connectivity index (χ2v) is 20.1. The molecule has 0 spiro atoms. The zero-order valence-corrected chi connectivity index (χ0v) is 48.3. The van der Waals surface area contributed by atoms with E-state index in [0.717, 1.165) is 0 Å². The Morgan fingerprint density at radius 3 is 1.88 bits per heavy atom. The molecule has 17 heteroatoms. The minimum absolute atomic E-state index is 0. The van der Waals surface area contributed by atoms with Crippen LogP contribution in [0.2, 0.25) is 0 Å². The van der Waals surface area contributed by atoms with Gasteiger partial charge in [0.25, 0.3) is 0 Å². The molecule has 8 unspecified atom stereocenters. The van der Waals surface area contributed by atoms with E-state index in [1.165, 1.54) is 19.1 Å². The zero-order valence-electron chi connectivity index (χ0n) is 38.0. The molecule has 0 amide bonds. The Morgan fingerprint density at radius 2 is 1.37 bits per heavy atom. The number of benzene rings is 3. The molecule has 10 atom stereocenters. The average Bonchev–Trinajstić information content (AvgIpc) is 3.26. The number of phosphoric ester groups is 1. The van der Waals surface area contributed by atoms with E-state index in [2.05, 4.69) is 0 Å². The number of aliphatic hydroxyl groups is 3. The van der Waals surface area contributed by atoms with Gasteiger partial charge in [-0.15, -0.1) is 0 Å². The van der Waals surface area contributed by atoms with Gasteiger partial charge in [-0.3, -0.25) is 23.2 Å². The molecule has 2 saturated carbocycles. The van der Waals surface area contributed by atoms with Crippen LogP contribution in [-0.4, -0.2) is 88.2 Å². The number of aliphatic hydroxyl groups excluding tert-OH is 1. The average molecular weight is 1340 g/mol. The number of rotatable bonds is 15. The van der Waals surface area contributed by atoms with Gasteiger partial charge in [0.2, 0.25) is 0 Å². The Morgan fingerprint density at radius 1 is 0.831 bits per heavy atom. The summed E-state index contributed by atoms with van der Waals surface area (Å²) < 4.78 is 56.5. The molecule has 1 heterocycles. The summed E-state index contributed by atoms with van der Waals surface area (Å²) in [4.78, 5) is 43.2. The topological polar surface area (TPSA) is 194 Å². The molecule has 346 valence electrons. The maximum atomic E-state index is 15.4. The van der Waals surface area contributed by atoms with Crippen LogP contribution in [0.4, 0.5) is 0 Å². The molecule has 65 heavy (non-hydrogen) atoms. The van der Waals surface area contributed by atoms with Crippen molar-refractivity contribution in [1.29, 1.82) is 0 Å². The van der Waals surface area contributed by atoms with Crippen molar-refractivity contribution in [1.82, 2.24) is 0 Å². The summed E-state index contributed by atoms with van der Waals surface area (Å²) in [5, 5.41) is 38.7. The molecule has 3 aromatic carbocycles. The van der Waals surface area contributed by atoms with E-state index in [1.54, 1.807) is 94.4 Å². The number of carbonyl (C=O) groups is 3. The SMILES string of the molecule is CC1=C2C(O)C(=O)[C@]3(C)C(OCOP(=O)(OCc4ccccc4)OCc4ccccc4)CC4OCC4(O)C3C(OC(=O)c3ccccc3)C(O)(CC1OC(=O)[C@H](C)C(C)C)C2(C)C.[Ac].[Ac]. The second-order valence-electron chi connectivity index (χ2n) is 18.4. The number of esters is 2. The van der Waals surface area contributed by atoms with Crippen LogP contribution in [0.3, 0.4) is 0 Å². The summed E-state index contributed by atoms with van der Waals surface area (Å²) in [6, 6.07) is 26.1. The first kappa shape index (κ1) is 54.7. The van der Waals surface area contributed by atoms with Crippen molar-refractivity contribution >= 4 is 25.5 Å². The van der Waals surface area contributed by atoms with Gasteiger partial charge in [0.05, 0.1) is 48.9 Å². The fraction of sp³-hybridized carbons (Fsp3) is 0.521. The van der Waals surface area contributed by atoms with Gasteiger partial charge in [-0.05, 0) is 54.2 Å². The van der Waals surface area contributed by atoms with Gasteiger partial charge in [0.1, 0.15) is 29.5 Å². The predicted octanol–water partition coefficient (Wildman–Crippen LogP) is 6.89. The van der Waals surface area contributed by atoms with E-state index < -0.39 is 96.7 Å². The molecule has 0 aromatic heterocycles. The number of ether oxygens (including phenoxy) is 4. The van der Waals surface area contributed by atoms with Crippen LogP contribution in [0.15, 0.2) is 102 Å². The number of hydrogen-bond donors (Lipinski definition) is 3. The Hall–Kier alpha value is -1.20. The Labute approximate surface area is 452 Å². The molecule has 2 radical (unpaired) electrons. The quantitative estimate of drug-likeness (QED) is 0.0616. The molecule has 3 N–H and O–H groups in total. The van der Waals surface area contributed by atoms with E-state index in [-0.39, 0.29) is 138 Å². The normalized spacial score (nSPS) is 30.8. The van der Waals surface area contributed by atoms with Gasteiger partial charge >= 0.3 is 19.8 Å². The van der Waals surface area contributed by atoms with E-state index in [1.807, 2.05) is 26.0 Å². The van der Waals surface area contributed by atoms with Gasteiger partial charge in [0.15, 0.2) is 12.6 Å². The Bertz CT molecular complexity index is 2180.